The highest BCUT2D eigenvalue weighted by molar-refractivity contribution is 14.1. The second kappa shape index (κ2) is 3.69. The van der Waals surface area contributed by atoms with Gasteiger partial charge in [0.05, 0.1) is 0 Å². The Morgan fingerprint density at radius 1 is 1.46 bits per heavy atom. The standard InChI is InChI=1S/C10H8BrIO/c11-6-1-3-9(12)8(5-6)7-2-4-10(7)13/h1,3,5,7H,2,4H2. The van der Waals surface area contributed by atoms with Crippen LogP contribution in [0.15, 0.2) is 22.7 Å². The summed E-state index contributed by atoms with van der Waals surface area (Å²) < 4.78 is 2.25. The first-order chi connectivity index (χ1) is 6.18. The fourth-order valence-electron chi connectivity index (χ4n) is 1.52. The number of hydrogen-bond donors (Lipinski definition) is 0. The lowest BCUT2D eigenvalue weighted by Gasteiger charge is -2.25. The molecule has 0 spiro atoms. The monoisotopic (exact) mass is 350 g/mol. The third-order valence-corrected chi connectivity index (χ3v) is 3.88. The van der Waals surface area contributed by atoms with Gasteiger partial charge in [0, 0.05) is 20.4 Å². The summed E-state index contributed by atoms with van der Waals surface area (Å²) in [5.41, 5.74) is 1.19. The molecule has 0 bridgehead atoms. The van der Waals surface area contributed by atoms with E-state index >= 15 is 0 Å². The number of carbonyl (C=O) groups is 1. The number of carbonyl (C=O) groups excluding carboxylic acids is 1. The van der Waals surface area contributed by atoms with Crippen LogP contribution < -0.4 is 0 Å². The summed E-state index contributed by atoms with van der Waals surface area (Å²) in [7, 11) is 0. The molecule has 1 unspecified atom stereocenters. The molecule has 68 valence electrons. The molecule has 0 N–H and O–H groups in total. The van der Waals surface area contributed by atoms with Gasteiger partial charge in [-0.25, -0.2) is 0 Å². The highest BCUT2D eigenvalue weighted by Crippen LogP contribution is 2.36. The summed E-state index contributed by atoms with van der Waals surface area (Å²) in [4.78, 5) is 11.3. The van der Waals surface area contributed by atoms with Crippen molar-refractivity contribution in [3.63, 3.8) is 0 Å². The minimum Gasteiger partial charge on any atom is -0.299 e. The van der Waals surface area contributed by atoms with Crippen LogP contribution in [0.5, 0.6) is 0 Å². The Labute approximate surface area is 99.2 Å². The third-order valence-electron chi connectivity index (χ3n) is 2.40. The third kappa shape index (κ3) is 1.81. The van der Waals surface area contributed by atoms with Crippen LogP contribution in [0, 0.1) is 3.57 Å². The average Bonchev–Trinajstić information content (AvgIpc) is 2.09. The Morgan fingerprint density at radius 2 is 2.23 bits per heavy atom. The zero-order valence-corrected chi connectivity index (χ0v) is 10.6. The zero-order valence-electron chi connectivity index (χ0n) is 6.89. The first-order valence-electron chi connectivity index (χ1n) is 4.16. The van der Waals surface area contributed by atoms with Crippen LogP contribution in [0.25, 0.3) is 0 Å². The largest absolute Gasteiger partial charge is 0.299 e. The molecule has 0 aliphatic heterocycles. The number of hydrogen-bond acceptors (Lipinski definition) is 1. The summed E-state index contributed by atoms with van der Waals surface area (Å²) in [6.45, 7) is 0. The van der Waals surface area contributed by atoms with Gasteiger partial charge in [-0.15, -0.1) is 0 Å². The van der Waals surface area contributed by atoms with Crippen molar-refractivity contribution in [3.05, 3.63) is 31.8 Å². The maximum absolute atomic E-state index is 11.3. The zero-order chi connectivity index (χ0) is 9.42. The van der Waals surface area contributed by atoms with Gasteiger partial charge in [-0.1, -0.05) is 15.9 Å². The first-order valence-corrected chi connectivity index (χ1v) is 6.03. The predicted molar refractivity (Wildman–Crippen MR) is 63.8 cm³/mol. The summed E-state index contributed by atoms with van der Waals surface area (Å²) in [5.74, 6) is 0.556. The van der Waals surface area contributed by atoms with Crippen molar-refractivity contribution in [2.75, 3.05) is 0 Å². The Balaban J connectivity index is 2.38. The SMILES string of the molecule is O=C1CCC1c1cc(Br)ccc1I. The molecule has 1 atom stereocenters. The van der Waals surface area contributed by atoms with Crippen LogP contribution in [0.4, 0.5) is 0 Å². The first kappa shape index (κ1) is 9.65. The smallest absolute Gasteiger partial charge is 0.140 e. The van der Waals surface area contributed by atoms with Gasteiger partial charge in [0.1, 0.15) is 5.78 Å². The second-order valence-electron chi connectivity index (χ2n) is 3.22. The molecule has 0 aromatic heterocycles. The van der Waals surface area contributed by atoms with Crippen molar-refractivity contribution in [2.24, 2.45) is 0 Å². The fraction of sp³-hybridized carbons (Fsp3) is 0.300. The van der Waals surface area contributed by atoms with Crippen LogP contribution in [0.1, 0.15) is 24.3 Å². The minimum atomic E-state index is 0.171. The molecule has 0 saturated heterocycles. The molecule has 2 rings (SSSR count). The van der Waals surface area contributed by atoms with E-state index in [1.807, 2.05) is 12.1 Å². The van der Waals surface area contributed by atoms with E-state index in [1.165, 1.54) is 9.13 Å². The van der Waals surface area contributed by atoms with Gasteiger partial charge >= 0.3 is 0 Å². The molecule has 0 radical (unpaired) electrons. The van der Waals surface area contributed by atoms with Crippen LogP contribution in [-0.2, 0) is 4.79 Å². The lowest BCUT2D eigenvalue weighted by atomic mass is 9.79. The molecule has 13 heavy (non-hydrogen) atoms. The molecule has 1 saturated carbocycles. The quantitative estimate of drug-likeness (QED) is 0.708. The Kier molecular flexibility index (Phi) is 2.74. The van der Waals surface area contributed by atoms with Gasteiger partial charge in [0.2, 0.25) is 0 Å². The van der Waals surface area contributed by atoms with Gasteiger partial charge in [0.25, 0.3) is 0 Å². The summed E-state index contributed by atoms with van der Waals surface area (Å²) in [6, 6.07) is 6.11. The maximum atomic E-state index is 11.3. The molecule has 1 fully saturated rings. The molecule has 0 heterocycles. The maximum Gasteiger partial charge on any atom is 0.140 e. The van der Waals surface area contributed by atoms with E-state index in [-0.39, 0.29) is 5.92 Å². The molecule has 1 aromatic carbocycles. The van der Waals surface area contributed by atoms with E-state index in [1.54, 1.807) is 0 Å². The highest BCUT2D eigenvalue weighted by atomic mass is 127. The van der Waals surface area contributed by atoms with Crippen molar-refractivity contribution in [2.45, 2.75) is 18.8 Å². The molecular formula is C10H8BrIO. The van der Waals surface area contributed by atoms with E-state index in [0.29, 0.717) is 5.78 Å². The lowest BCUT2D eigenvalue weighted by Crippen LogP contribution is -2.23. The normalized spacial score (nSPS) is 21.4. The topological polar surface area (TPSA) is 17.1 Å². The molecule has 1 aliphatic carbocycles. The van der Waals surface area contributed by atoms with Crippen molar-refractivity contribution in [1.82, 2.24) is 0 Å². The van der Waals surface area contributed by atoms with E-state index in [9.17, 15) is 4.79 Å². The van der Waals surface area contributed by atoms with Gasteiger partial charge < -0.3 is 0 Å². The van der Waals surface area contributed by atoms with Gasteiger partial charge in [-0.3, -0.25) is 4.79 Å². The minimum absolute atomic E-state index is 0.171. The number of halogens is 2. The fourth-order valence-corrected chi connectivity index (χ4v) is 2.61. The van der Waals surface area contributed by atoms with Crippen molar-refractivity contribution in [1.29, 1.82) is 0 Å². The van der Waals surface area contributed by atoms with Crippen molar-refractivity contribution >= 4 is 44.3 Å². The highest BCUT2D eigenvalue weighted by Gasteiger charge is 2.30. The average molecular weight is 351 g/mol. The van der Waals surface area contributed by atoms with Crippen LogP contribution in [0.3, 0.4) is 0 Å². The van der Waals surface area contributed by atoms with Gasteiger partial charge in [0.15, 0.2) is 0 Å². The number of ketones is 1. The van der Waals surface area contributed by atoms with Crippen molar-refractivity contribution in [3.8, 4) is 0 Å². The molecule has 0 amide bonds. The van der Waals surface area contributed by atoms with Crippen LogP contribution in [-0.4, -0.2) is 5.78 Å². The van der Waals surface area contributed by atoms with E-state index in [4.69, 9.17) is 0 Å². The Morgan fingerprint density at radius 3 is 2.77 bits per heavy atom. The number of rotatable bonds is 1. The summed E-state index contributed by atoms with van der Waals surface area (Å²) >= 11 is 5.71. The van der Waals surface area contributed by atoms with E-state index in [0.717, 1.165) is 17.3 Å². The van der Waals surface area contributed by atoms with E-state index < -0.39 is 0 Å². The van der Waals surface area contributed by atoms with Gasteiger partial charge in [-0.2, -0.15) is 0 Å². The molecule has 1 nitrogen and oxygen atoms in total. The number of Topliss-reactive ketones (excluding diaryl/α,β-unsaturated/α-hetero) is 1. The van der Waals surface area contributed by atoms with Crippen LogP contribution >= 0.6 is 38.5 Å². The number of benzene rings is 1. The molecule has 1 aromatic rings. The van der Waals surface area contributed by atoms with E-state index in [2.05, 4.69) is 44.6 Å². The Hall–Kier alpha value is 0.1000. The molecular weight excluding hydrogens is 343 g/mol. The molecule has 1 aliphatic rings. The summed E-state index contributed by atoms with van der Waals surface area (Å²) in [5, 5.41) is 0. The predicted octanol–water partition coefficient (Wildman–Crippen LogP) is 3.50. The lowest BCUT2D eigenvalue weighted by molar-refractivity contribution is -0.125. The Bertz CT molecular complexity index is 362. The second-order valence-corrected chi connectivity index (χ2v) is 5.30. The molecule has 3 heteroatoms. The van der Waals surface area contributed by atoms with Gasteiger partial charge in [-0.05, 0) is 52.8 Å². The van der Waals surface area contributed by atoms with Crippen LogP contribution in [0.2, 0.25) is 0 Å². The summed E-state index contributed by atoms with van der Waals surface area (Å²) in [6.07, 6.45) is 1.78. The van der Waals surface area contributed by atoms with Crippen molar-refractivity contribution < 1.29 is 4.79 Å².